The Kier molecular flexibility index (Phi) is 6.95. The van der Waals surface area contributed by atoms with E-state index in [0.29, 0.717) is 26.2 Å². The first-order valence-electron chi connectivity index (χ1n) is 9.32. The minimum atomic E-state index is -1.64. The van der Waals surface area contributed by atoms with Crippen LogP contribution in [0, 0.1) is 0 Å². The normalized spacial score (nSPS) is 18.1. The van der Waals surface area contributed by atoms with Crippen LogP contribution in [0.3, 0.4) is 0 Å². The molecule has 4 N–H and O–H groups in total. The number of hydrogen-bond acceptors (Lipinski definition) is 7. The fourth-order valence-electron chi connectivity index (χ4n) is 3.27. The van der Waals surface area contributed by atoms with Gasteiger partial charge >= 0.3 is 11.9 Å². The van der Waals surface area contributed by atoms with Gasteiger partial charge in [0.2, 0.25) is 5.91 Å². The molecule has 160 valence electrons. The molecule has 0 saturated carbocycles. The Hall–Kier alpha value is -3.05. The van der Waals surface area contributed by atoms with E-state index in [9.17, 15) is 28.8 Å². The van der Waals surface area contributed by atoms with Crippen LogP contribution in [0.2, 0.25) is 0 Å². The molecule has 2 aliphatic rings. The van der Waals surface area contributed by atoms with Crippen LogP contribution in [-0.4, -0.2) is 74.1 Å². The molecule has 1 aromatic heterocycles. The summed E-state index contributed by atoms with van der Waals surface area (Å²) in [4.78, 5) is 41.7. The molecule has 0 aliphatic carbocycles. The fourth-order valence-corrected chi connectivity index (χ4v) is 4.34. The molecule has 10 nitrogen and oxygen atoms in total. The van der Waals surface area contributed by atoms with Crippen molar-refractivity contribution in [2.24, 2.45) is 0 Å². The summed E-state index contributed by atoms with van der Waals surface area (Å²) < 4.78 is 12.6. The number of hydrogen-bond donors (Lipinski definition) is 4. The number of carbonyl (C=O) groups is 3. The fraction of sp³-hybridized carbons (Fsp3) is 0.368. The zero-order chi connectivity index (χ0) is 21.7. The molecule has 1 aromatic rings. The molecule has 1 amide bonds. The highest BCUT2D eigenvalue weighted by Gasteiger charge is 2.31. The quantitative estimate of drug-likeness (QED) is 0.453. The van der Waals surface area contributed by atoms with Crippen LogP contribution in [0.5, 0.6) is 0 Å². The largest absolute Gasteiger partial charge is 0.478 e. The minimum Gasteiger partial charge on any atom is -0.478 e. The van der Waals surface area contributed by atoms with Crippen molar-refractivity contribution >= 4 is 28.6 Å². The number of carboxylic acids is 2. The first-order valence-corrected chi connectivity index (χ1v) is 10.6. The first kappa shape index (κ1) is 21.7. The average molecular weight is 434 g/mol. The lowest BCUT2D eigenvalue weighted by Gasteiger charge is -2.29. The van der Waals surface area contributed by atoms with Crippen LogP contribution in [-0.2, 0) is 25.2 Å². The summed E-state index contributed by atoms with van der Waals surface area (Å²) >= 11 is 0. The van der Waals surface area contributed by atoms with Gasteiger partial charge in [-0.1, -0.05) is 6.07 Å². The minimum absolute atomic E-state index is 0.125. The number of nitrogens with one attached hydrogen (secondary N) is 2. The maximum atomic E-state index is 12.6. The average Bonchev–Trinajstić information content (AvgIpc) is 2.74. The van der Waals surface area contributed by atoms with Crippen LogP contribution in [0.4, 0.5) is 0 Å². The summed E-state index contributed by atoms with van der Waals surface area (Å²) in [6.07, 6.45) is 0.916. The van der Waals surface area contributed by atoms with Crippen molar-refractivity contribution in [1.82, 2.24) is 20.5 Å². The number of amides is 1. The number of aliphatic carboxylic acids is 2. The number of dihydropyridines is 1. The monoisotopic (exact) mass is 434 g/mol. The molecule has 0 bridgehead atoms. The molecular weight excluding hydrogens is 412 g/mol. The molecule has 0 aromatic carbocycles. The lowest BCUT2D eigenvalue weighted by atomic mass is 9.96. The van der Waals surface area contributed by atoms with Gasteiger partial charge in [-0.15, -0.1) is 0 Å². The van der Waals surface area contributed by atoms with Crippen molar-refractivity contribution < 1.29 is 28.8 Å². The summed E-state index contributed by atoms with van der Waals surface area (Å²) in [5.41, 5.74) is -0.109. The Bertz CT molecular complexity index is 938. The Balaban J connectivity index is 1.84. The van der Waals surface area contributed by atoms with Crippen molar-refractivity contribution in [3.63, 3.8) is 0 Å². The predicted octanol–water partition coefficient (Wildman–Crippen LogP) is -0.318. The number of aromatic nitrogens is 1. The van der Waals surface area contributed by atoms with Crippen LogP contribution >= 0.6 is 0 Å². The van der Waals surface area contributed by atoms with Gasteiger partial charge in [0.1, 0.15) is 5.03 Å². The van der Waals surface area contributed by atoms with E-state index in [0.717, 1.165) is 0 Å². The molecule has 1 fully saturated rings. The highest BCUT2D eigenvalue weighted by molar-refractivity contribution is 7.85. The van der Waals surface area contributed by atoms with Crippen molar-refractivity contribution in [2.45, 2.75) is 17.9 Å². The molecule has 11 heteroatoms. The number of carboxylic acid groups (broad SMARTS) is 2. The van der Waals surface area contributed by atoms with E-state index in [-0.39, 0.29) is 52.1 Å². The number of rotatable bonds is 7. The summed E-state index contributed by atoms with van der Waals surface area (Å²) in [6.45, 7) is 2.34. The van der Waals surface area contributed by atoms with E-state index >= 15 is 0 Å². The third kappa shape index (κ3) is 5.10. The molecule has 3 heterocycles. The molecule has 30 heavy (non-hydrogen) atoms. The number of carbonyl (C=O) groups excluding carboxylic acids is 1. The van der Waals surface area contributed by atoms with Gasteiger partial charge in [0.15, 0.2) is 0 Å². The van der Waals surface area contributed by atoms with Gasteiger partial charge in [-0.3, -0.25) is 9.00 Å². The van der Waals surface area contributed by atoms with Crippen LogP contribution in [0.15, 0.2) is 52.0 Å². The van der Waals surface area contributed by atoms with Crippen molar-refractivity contribution in [2.75, 3.05) is 31.9 Å². The van der Waals surface area contributed by atoms with Gasteiger partial charge < -0.3 is 25.7 Å². The zero-order valence-electron chi connectivity index (χ0n) is 16.1. The lowest BCUT2D eigenvalue weighted by Crippen LogP contribution is -2.47. The molecule has 2 aliphatic heterocycles. The van der Waals surface area contributed by atoms with Gasteiger partial charge in [0.25, 0.3) is 0 Å². The summed E-state index contributed by atoms with van der Waals surface area (Å²) in [5, 5.41) is 25.3. The topological polar surface area (TPSA) is 149 Å². The zero-order valence-corrected chi connectivity index (χ0v) is 16.9. The van der Waals surface area contributed by atoms with E-state index in [1.54, 1.807) is 23.1 Å². The van der Waals surface area contributed by atoms with E-state index in [4.69, 9.17) is 0 Å². The Morgan fingerprint density at radius 1 is 1.07 bits per heavy atom. The smallest absolute Gasteiger partial charge is 0.333 e. The Labute approximate surface area is 175 Å². The Morgan fingerprint density at radius 3 is 2.33 bits per heavy atom. The highest BCUT2D eigenvalue weighted by atomic mass is 32.2. The molecule has 0 spiro atoms. The Morgan fingerprint density at radius 2 is 1.73 bits per heavy atom. The summed E-state index contributed by atoms with van der Waals surface area (Å²) in [5.74, 6) is -3.03. The molecular formula is C19H22N4O6S. The van der Waals surface area contributed by atoms with Crippen LogP contribution in [0.25, 0.3) is 0 Å². The summed E-state index contributed by atoms with van der Waals surface area (Å²) in [7, 11) is -1.64. The van der Waals surface area contributed by atoms with Crippen molar-refractivity contribution in [1.29, 1.82) is 0 Å². The predicted molar refractivity (Wildman–Crippen MR) is 107 cm³/mol. The van der Waals surface area contributed by atoms with Crippen molar-refractivity contribution in [3.8, 4) is 0 Å². The second kappa shape index (κ2) is 9.63. The van der Waals surface area contributed by atoms with E-state index in [2.05, 4.69) is 15.6 Å². The number of piperazine rings is 1. The van der Waals surface area contributed by atoms with Gasteiger partial charge in [-0.05, 0) is 12.1 Å². The van der Waals surface area contributed by atoms with Crippen molar-refractivity contribution in [3.05, 3.63) is 46.9 Å². The van der Waals surface area contributed by atoms with E-state index in [1.807, 2.05) is 0 Å². The van der Waals surface area contributed by atoms with Crippen LogP contribution in [0.1, 0.15) is 12.8 Å². The highest BCUT2D eigenvalue weighted by Crippen LogP contribution is 2.27. The maximum Gasteiger partial charge on any atom is 0.333 e. The molecule has 1 atom stereocenters. The second-order valence-electron chi connectivity index (χ2n) is 6.79. The van der Waals surface area contributed by atoms with Gasteiger partial charge in [0.05, 0.1) is 34.1 Å². The molecule has 0 radical (unpaired) electrons. The van der Waals surface area contributed by atoms with Gasteiger partial charge in [-0.2, -0.15) is 0 Å². The number of pyridine rings is 1. The second-order valence-corrected chi connectivity index (χ2v) is 8.19. The standard InChI is InChI=1S/C19H22N4O6S/c24-17(23-7-5-20-6-8-23)10-14-12(18(25)26)9-13(19(27)28)15(22-14)11-30(29)16-3-1-2-4-21-16/h1-4,20,22H,5-11H2,(H,25,26)(H,27,28). The van der Waals surface area contributed by atoms with E-state index in [1.165, 1.54) is 6.20 Å². The summed E-state index contributed by atoms with van der Waals surface area (Å²) in [6, 6.07) is 4.90. The van der Waals surface area contributed by atoms with Crippen LogP contribution < -0.4 is 10.6 Å². The third-order valence-corrected chi connectivity index (χ3v) is 6.10. The van der Waals surface area contributed by atoms with Gasteiger partial charge in [0, 0.05) is 50.2 Å². The SMILES string of the molecule is O=C(O)C1=C(CC(=O)N2CCNCC2)NC(CS(=O)c2ccccn2)=C(C(=O)O)C1. The van der Waals surface area contributed by atoms with E-state index < -0.39 is 22.7 Å². The maximum absolute atomic E-state index is 12.6. The lowest BCUT2D eigenvalue weighted by molar-refractivity contribution is -0.133. The first-order chi connectivity index (χ1) is 14.4. The molecule has 1 unspecified atom stereocenters. The van der Waals surface area contributed by atoms with Gasteiger partial charge in [-0.25, -0.2) is 14.6 Å². The molecule has 1 saturated heterocycles. The molecule has 3 rings (SSSR count). The number of nitrogens with zero attached hydrogens (tertiary/aromatic N) is 2. The third-order valence-electron chi connectivity index (χ3n) is 4.84.